The molecule has 1 aliphatic heterocycles. The number of hydrogen-bond acceptors (Lipinski definition) is 3. The Hall–Kier alpha value is -3.90. The lowest BCUT2D eigenvalue weighted by Crippen LogP contribution is -2.15. The Bertz CT molecular complexity index is 1310. The zero-order valence-corrected chi connectivity index (χ0v) is 17.8. The fourth-order valence-electron chi connectivity index (χ4n) is 3.77. The number of carbonyl (C=O) groups is 2. The quantitative estimate of drug-likeness (QED) is 0.473. The molecule has 1 aromatic heterocycles. The van der Waals surface area contributed by atoms with E-state index in [0.29, 0.717) is 28.5 Å². The van der Waals surface area contributed by atoms with Gasteiger partial charge in [-0.05, 0) is 42.0 Å². The van der Waals surface area contributed by atoms with E-state index in [9.17, 15) is 9.59 Å². The molecule has 0 fully saturated rings. The molecule has 0 aliphatic carbocycles. The van der Waals surface area contributed by atoms with Crippen LogP contribution >= 0.6 is 11.6 Å². The van der Waals surface area contributed by atoms with Crippen molar-refractivity contribution in [2.45, 2.75) is 13.0 Å². The molecule has 0 unspecified atom stereocenters. The van der Waals surface area contributed by atoms with Gasteiger partial charge >= 0.3 is 0 Å². The number of halogens is 1. The van der Waals surface area contributed by atoms with Gasteiger partial charge in [0.15, 0.2) is 0 Å². The van der Waals surface area contributed by atoms with Crippen LogP contribution in [0.2, 0.25) is 5.02 Å². The Morgan fingerprint density at radius 2 is 1.84 bits per heavy atom. The first kappa shape index (κ1) is 20.0. The van der Waals surface area contributed by atoms with Crippen molar-refractivity contribution >= 4 is 29.1 Å². The molecule has 32 heavy (non-hydrogen) atoms. The molecule has 2 amide bonds. The van der Waals surface area contributed by atoms with Crippen molar-refractivity contribution in [3.63, 3.8) is 0 Å². The first-order valence-corrected chi connectivity index (χ1v) is 10.6. The lowest BCUT2D eigenvalue weighted by molar-refractivity contribution is -0.115. The third-order valence-electron chi connectivity index (χ3n) is 5.36. The lowest BCUT2D eigenvalue weighted by atomic mass is 10.1. The molecule has 5 rings (SSSR count). The predicted octanol–water partition coefficient (Wildman–Crippen LogP) is 4.62. The fourth-order valence-corrected chi connectivity index (χ4v) is 3.90. The number of amides is 2. The van der Waals surface area contributed by atoms with Gasteiger partial charge in [0.05, 0.1) is 17.8 Å². The van der Waals surface area contributed by atoms with Gasteiger partial charge in [-0.15, -0.1) is 0 Å². The Morgan fingerprint density at radius 1 is 1.06 bits per heavy atom. The van der Waals surface area contributed by atoms with Crippen LogP contribution in [-0.2, 0) is 17.8 Å². The molecule has 3 aromatic carbocycles. The van der Waals surface area contributed by atoms with Gasteiger partial charge in [0, 0.05) is 40.1 Å². The summed E-state index contributed by atoms with van der Waals surface area (Å²) in [5, 5.41) is 11.1. The number of hydrogen-bond donors (Lipinski definition) is 2. The third-order valence-corrected chi connectivity index (χ3v) is 5.61. The van der Waals surface area contributed by atoms with Crippen LogP contribution in [0.25, 0.3) is 16.9 Å². The van der Waals surface area contributed by atoms with Crippen LogP contribution < -0.4 is 10.6 Å². The number of benzene rings is 3. The van der Waals surface area contributed by atoms with E-state index in [1.165, 1.54) is 0 Å². The summed E-state index contributed by atoms with van der Waals surface area (Å²) in [6.07, 6.45) is 2.00. The molecule has 0 radical (unpaired) electrons. The molecule has 4 aromatic rings. The highest BCUT2D eigenvalue weighted by Gasteiger charge is 2.20. The van der Waals surface area contributed by atoms with Crippen LogP contribution in [0.4, 0.5) is 5.69 Å². The highest BCUT2D eigenvalue weighted by atomic mass is 35.5. The molecule has 0 spiro atoms. The van der Waals surface area contributed by atoms with Gasteiger partial charge in [0.2, 0.25) is 5.91 Å². The highest BCUT2D eigenvalue weighted by Crippen LogP contribution is 2.26. The maximum absolute atomic E-state index is 12.9. The summed E-state index contributed by atoms with van der Waals surface area (Å²) in [5.74, 6) is -0.309. The van der Waals surface area contributed by atoms with Gasteiger partial charge in [-0.2, -0.15) is 5.10 Å². The highest BCUT2D eigenvalue weighted by molar-refractivity contribution is 6.30. The van der Waals surface area contributed by atoms with Crippen LogP contribution in [0.3, 0.4) is 0 Å². The average molecular weight is 443 g/mol. The van der Waals surface area contributed by atoms with Crippen LogP contribution in [0.5, 0.6) is 0 Å². The normalized spacial score (nSPS) is 12.3. The molecule has 7 heteroatoms. The first-order valence-electron chi connectivity index (χ1n) is 10.2. The van der Waals surface area contributed by atoms with Crippen molar-refractivity contribution in [1.82, 2.24) is 15.1 Å². The topological polar surface area (TPSA) is 76.0 Å². The summed E-state index contributed by atoms with van der Waals surface area (Å²) in [4.78, 5) is 24.8. The van der Waals surface area contributed by atoms with Gasteiger partial charge in [0.1, 0.15) is 0 Å². The van der Waals surface area contributed by atoms with Gasteiger partial charge in [-0.3, -0.25) is 9.59 Å². The number of rotatable bonds is 5. The number of carbonyl (C=O) groups excluding carboxylic acids is 2. The average Bonchev–Trinajstić information content (AvgIpc) is 3.39. The molecule has 1 aliphatic rings. The van der Waals surface area contributed by atoms with E-state index in [4.69, 9.17) is 16.7 Å². The number of para-hydroxylation sites is 1. The van der Waals surface area contributed by atoms with Crippen LogP contribution in [0.1, 0.15) is 21.5 Å². The lowest BCUT2D eigenvalue weighted by Gasteiger charge is -2.07. The molecule has 2 heterocycles. The van der Waals surface area contributed by atoms with E-state index in [1.807, 2.05) is 60.8 Å². The molecule has 2 N–H and O–H groups in total. The molecule has 0 atom stereocenters. The fraction of sp³-hybridized carbons (Fsp3) is 0.0800. The summed E-state index contributed by atoms with van der Waals surface area (Å²) in [5.41, 5.74) is 5.40. The monoisotopic (exact) mass is 442 g/mol. The summed E-state index contributed by atoms with van der Waals surface area (Å²) in [6.45, 7) is 0.519. The largest absolute Gasteiger partial charge is 0.348 e. The standard InChI is InChI=1S/C25H19ClN4O2/c26-19-9-6-16(7-10-19)24-18(15-30(29-24)21-4-2-1-3-5-21)12-23(31)28-20-11-8-17-14-27-25(32)22(17)13-20/h1-11,13,15H,12,14H2,(H,27,32)(H,28,31). The van der Waals surface area contributed by atoms with Gasteiger partial charge < -0.3 is 10.6 Å². The Morgan fingerprint density at radius 3 is 2.62 bits per heavy atom. The minimum absolute atomic E-state index is 0.120. The van der Waals surface area contributed by atoms with E-state index in [0.717, 1.165) is 22.4 Å². The SMILES string of the molecule is O=C(Cc1cn(-c2ccccc2)nc1-c1ccc(Cl)cc1)Nc1ccc2c(c1)C(=O)NC2. The number of nitrogens with zero attached hydrogens (tertiary/aromatic N) is 2. The first-order chi connectivity index (χ1) is 15.6. The summed E-state index contributed by atoms with van der Waals surface area (Å²) in [6, 6.07) is 22.5. The maximum atomic E-state index is 12.9. The van der Waals surface area contributed by atoms with Gasteiger partial charge in [-0.1, -0.05) is 48.0 Å². The third kappa shape index (κ3) is 4.00. The second-order valence-electron chi connectivity index (χ2n) is 7.57. The number of aromatic nitrogens is 2. The van der Waals surface area contributed by atoms with Crippen molar-refractivity contribution in [3.05, 3.63) is 101 Å². The molecular formula is C25H19ClN4O2. The zero-order chi connectivity index (χ0) is 22.1. The van der Waals surface area contributed by atoms with Gasteiger partial charge in [-0.25, -0.2) is 4.68 Å². The van der Waals surface area contributed by atoms with Crippen LogP contribution in [0.15, 0.2) is 79.0 Å². The second-order valence-corrected chi connectivity index (χ2v) is 8.01. The number of fused-ring (bicyclic) bond motifs is 1. The van der Waals surface area contributed by atoms with E-state index in [-0.39, 0.29) is 18.2 Å². The molecule has 0 saturated carbocycles. The zero-order valence-electron chi connectivity index (χ0n) is 17.0. The minimum Gasteiger partial charge on any atom is -0.348 e. The van der Waals surface area contributed by atoms with E-state index >= 15 is 0 Å². The Kier molecular flexibility index (Phi) is 5.21. The van der Waals surface area contributed by atoms with Crippen molar-refractivity contribution < 1.29 is 9.59 Å². The van der Waals surface area contributed by atoms with Crippen molar-refractivity contribution in [3.8, 4) is 16.9 Å². The smallest absolute Gasteiger partial charge is 0.251 e. The molecule has 158 valence electrons. The number of nitrogens with one attached hydrogen (secondary N) is 2. The summed E-state index contributed by atoms with van der Waals surface area (Å²) in [7, 11) is 0. The summed E-state index contributed by atoms with van der Waals surface area (Å²) < 4.78 is 1.77. The Labute approximate surface area is 189 Å². The molecule has 6 nitrogen and oxygen atoms in total. The van der Waals surface area contributed by atoms with Gasteiger partial charge in [0.25, 0.3) is 5.91 Å². The number of anilines is 1. The molecular weight excluding hydrogens is 424 g/mol. The van der Waals surface area contributed by atoms with Crippen LogP contribution in [0, 0.1) is 0 Å². The summed E-state index contributed by atoms with van der Waals surface area (Å²) >= 11 is 6.05. The van der Waals surface area contributed by atoms with Crippen LogP contribution in [-0.4, -0.2) is 21.6 Å². The van der Waals surface area contributed by atoms with E-state index in [2.05, 4.69) is 10.6 Å². The molecule has 0 saturated heterocycles. The maximum Gasteiger partial charge on any atom is 0.251 e. The van der Waals surface area contributed by atoms with E-state index < -0.39 is 0 Å². The second kappa shape index (κ2) is 8.32. The molecule has 0 bridgehead atoms. The van der Waals surface area contributed by atoms with E-state index in [1.54, 1.807) is 22.9 Å². The van der Waals surface area contributed by atoms with Crippen molar-refractivity contribution in [2.24, 2.45) is 0 Å². The Balaban J connectivity index is 1.43. The van der Waals surface area contributed by atoms with Crippen molar-refractivity contribution in [2.75, 3.05) is 5.32 Å². The van der Waals surface area contributed by atoms with Crippen molar-refractivity contribution in [1.29, 1.82) is 0 Å². The minimum atomic E-state index is -0.189. The predicted molar refractivity (Wildman–Crippen MR) is 124 cm³/mol.